The molecule has 3 rings (SSSR count). The predicted molar refractivity (Wildman–Crippen MR) is 104 cm³/mol. The molecule has 0 amide bonds. The van der Waals surface area contributed by atoms with Crippen molar-refractivity contribution in [2.24, 2.45) is 4.99 Å². The molecule has 0 aliphatic heterocycles. The molecule has 1 heterocycles. The number of nitrogens with zero attached hydrogens (tertiary/aromatic N) is 3. The molecule has 2 N–H and O–H groups in total. The third-order valence-corrected chi connectivity index (χ3v) is 4.16. The molecule has 1 aromatic heterocycles. The Morgan fingerprint density at radius 1 is 1.25 bits per heavy atom. The van der Waals surface area contributed by atoms with E-state index >= 15 is 0 Å². The highest BCUT2D eigenvalue weighted by Gasteiger charge is 2.15. The maximum Gasteiger partial charge on any atom is 0.335 e. The number of aromatic nitrogens is 2. The maximum atomic E-state index is 12.2. The first-order valence-corrected chi connectivity index (χ1v) is 8.29. The molecule has 0 spiro atoms. The van der Waals surface area contributed by atoms with E-state index in [-0.39, 0.29) is 22.0 Å². The summed E-state index contributed by atoms with van der Waals surface area (Å²) in [6.45, 7) is 1.82. The summed E-state index contributed by atoms with van der Waals surface area (Å²) in [6.07, 6.45) is 1.03. The summed E-state index contributed by atoms with van der Waals surface area (Å²) >= 11 is 5.97. The number of aromatic amines is 1. The van der Waals surface area contributed by atoms with E-state index in [9.17, 15) is 24.8 Å². The van der Waals surface area contributed by atoms with Gasteiger partial charge in [-0.1, -0.05) is 23.7 Å². The number of nitrogens with one attached hydrogen (secondary N) is 1. The van der Waals surface area contributed by atoms with Gasteiger partial charge in [0.2, 0.25) is 5.88 Å². The van der Waals surface area contributed by atoms with Crippen molar-refractivity contribution in [3.05, 3.63) is 89.6 Å². The molecular weight excluding hydrogens is 388 g/mol. The summed E-state index contributed by atoms with van der Waals surface area (Å²) in [7, 11) is 0. The van der Waals surface area contributed by atoms with Gasteiger partial charge in [-0.2, -0.15) is 0 Å². The molecule has 0 unspecified atom stereocenters. The summed E-state index contributed by atoms with van der Waals surface area (Å²) in [5.74, 6) is -0.596. The number of aryl methyl sites for hydroxylation is 1. The topological polar surface area (TPSA) is 131 Å². The van der Waals surface area contributed by atoms with Gasteiger partial charge < -0.3 is 5.11 Å². The second-order valence-corrected chi connectivity index (χ2v) is 6.23. The number of nitro groups is 1. The smallest absolute Gasteiger partial charge is 0.335 e. The van der Waals surface area contributed by atoms with Gasteiger partial charge in [-0.05, 0) is 30.7 Å². The van der Waals surface area contributed by atoms with Crippen LogP contribution in [0.15, 0.2) is 57.0 Å². The molecule has 9 nitrogen and oxygen atoms in total. The van der Waals surface area contributed by atoms with E-state index in [1.807, 2.05) is 13.0 Å². The number of halogens is 1. The molecule has 0 aliphatic carbocycles. The summed E-state index contributed by atoms with van der Waals surface area (Å²) in [6, 6.07) is 10.4. The Morgan fingerprint density at radius 3 is 2.64 bits per heavy atom. The third-order valence-electron chi connectivity index (χ3n) is 3.86. The Balaban J connectivity index is 2.09. The second kappa shape index (κ2) is 7.49. The lowest BCUT2D eigenvalue weighted by Gasteiger charge is -2.10. The molecule has 3 aromatic rings. The highest BCUT2D eigenvalue weighted by Crippen LogP contribution is 2.29. The Bertz CT molecular complexity index is 1230. The van der Waals surface area contributed by atoms with Gasteiger partial charge in [0.05, 0.1) is 21.3 Å². The minimum Gasteiger partial charge on any atom is -0.493 e. The van der Waals surface area contributed by atoms with Crippen LogP contribution in [0.5, 0.6) is 5.88 Å². The zero-order valence-corrected chi connectivity index (χ0v) is 15.2. The van der Waals surface area contributed by atoms with Crippen LogP contribution in [0.25, 0.3) is 5.69 Å². The van der Waals surface area contributed by atoms with E-state index in [4.69, 9.17) is 11.6 Å². The average Bonchev–Trinajstić information content (AvgIpc) is 2.62. The van der Waals surface area contributed by atoms with Crippen molar-refractivity contribution in [3.63, 3.8) is 0 Å². The standard InChI is InChI=1S/C18H13ClN4O5/c1-10-3-2-4-11(7-10)22-17(25)13(16(24)21-18(22)26)9-20-15-6-5-12(23(27)28)8-14(15)19/h2-9,25H,1H3,(H,21,24,26). The normalized spacial score (nSPS) is 11.1. The Hall–Kier alpha value is -3.72. The van der Waals surface area contributed by atoms with Crippen LogP contribution >= 0.6 is 11.6 Å². The van der Waals surface area contributed by atoms with Crippen LogP contribution in [-0.2, 0) is 0 Å². The van der Waals surface area contributed by atoms with Crippen LogP contribution in [0.1, 0.15) is 11.1 Å². The van der Waals surface area contributed by atoms with Gasteiger partial charge >= 0.3 is 5.69 Å². The summed E-state index contributed by atoms with van der Waals surface area (Å²) in [4.78, 5) is 40.6. The molecule has 0 atom stereocenters. The number of aliphatic imine (C=N–C) groups is 1. The average molecular weight is 401 g/mol. The maximum absolute atomic E-state index is 12.2. The SMILES string of the molecule is Cc1cccc(-n2c(O)c(C=Nc3ccc([N+](=O)[O-])cc3Cl)c(=O)[nH]c2=O)c1. The number of non-ortho nitro benzene ring substituents is 1. The van der Waals surface area contributed by atoms with E-state index in [2.05, 4.69) is 9.98 Å². The molecule has 142 valence electrons. The highest BCUT2D eigenvalue weighted by molar-refractivity contribution is 6.33. The van der Waals surface area contributed by atoms with E-state index in [0.717, 1.165) is 22.4 Å². The lowest BCUT2D eigenvalue weighted by Crippen LogP contribution is -2.31. The zero-order valence-electron chi connectivity index (χ0n) is 14.4. The quantitative estimate of drug-likeness (QED) is 0.395. The molecule has 28 heavy (non-hydrogen) atoms. The molecule has 10 heteroatoms. The van der Waals surface area contributed by atoms with Crippen molar-refractivity contribution in [2.45, 2.75) is 6.92 Å². The number of hydrogen-bond donors (Lipinski definition) is 2. The van der Waals surface area contributed by atoms with Crippen molar-refractivity contribution in [3.8, 4) is 11.6 Å². The first-order valence-electron chi connectivity index (χ1n) is 7.91. The van der Waals surface area contributed by atoms with Crippen molar-refractivity contribution < 1.29 is 10.0 Å². The van der Waals surface area contributed by atoms with Gasteiger partial charge in [-0.3, -0.25) is 24.9 Å². The fourth-order valence-corrected chi connectivity index (χ4v) is 2.73. The number of H-pyrrole nitrogens is 1. The van der Waals surface area contributed by atoms with Gasteiger partial charge in [0.15, 0.2) is 0 Å². The summed E-state index contributed by atoms with van der Waals surface area (Å²) in [5, 5.41) is 21.2. The van der Waals surface area contributed by atoms with E-state index in [1.165, 1.54) is 12.1 Å². The van der Waals surface area contributed by atoms with Crippen molar-refractivity contribution >= 4 is 29.2 Å². The van der Waals surface area contributed by atoms with Crippen LogP contribution in [0.3, 0.4) is 0 Å². The molecule has 0 bridgehead atoms. The summed E-state index contributed by atoms with van der Waals surface area (Å²) < 4.78 is 0.938. The Labute approximate surface area is 162 Å². The van der Waals surface area contributed by atoms with Crippen LogP contribution in [0, 0.1) is 17.0 Å². The molecule has 0 radical (unpaired) electrons. The van der Waals surface area contributed by atoms with Crippen LogP contribution in [0.4, 0.5) is 11.4 Å². The second-order valence-electron chi connectivity index (χ2n) is 5.82. The number of aromatic hydroxyl groups is 1. The van der Waals surface area contributed by atoms with E-state index < -0.39 is 22.1 Å². The number of benzene rings is 2. The number of hydrogen-bond acceptors (Lipinski definition) is 6. The van der Waals surface area contributed by atoms with Gasteiger partial charge in [-0.25, -0.2) is 9.36 Å². The first-order chi connectivity index (χ1) is 13.3. The third kappa shape index (κ3) is 3.69. The Kier molecular flexibility index (Phi) is 5.10. The molecule has 0 aliphatic rings. The van der Waals surface area contributed by atoms with Gasteiger partial charge in [-0.15, -0.1) is 0 Å². The van der Waals surface area contributed by atoms with Gasteiger partial charge in [0.25, 0.3) is 11.2 Å². The predicted octanol–water partition coefficient (Wildman–Crippen LogP) is 2.85. The van der Waals surface area contributed by atoms with Crippen molar-refractivity contribution in [1.29, 1.82) is 0 Å². The van der Waals surface area contributed by atoms with Gasteiger partial charge in [0, 0.05) is 18.3 Å². The largest absolute Gasteiger partial charge is 0.493 e. The van der Waals surface area contributed by atoms with E-state index in [0.29, 0.717) is 5.69 Å². The van der Waals surface area contributed by atoms with Crippen LogP contribution in [0.2, 0.25) is 5.02 Å². The number of nitro benzene ring substituents is 1. The molecule has 0 saturated heterocycles. The van der Waals surface area contributed by atoms with Gasteiger partial charge in [0.1, 0.15) is 5.56 Å². The minimum atomic E-state index is -0.840. The van der Waals surface area contributed by atoms with Crippen LogP contribution < -0.4 is 11.2 Å². The Morgan fingerprint density at radius 2 is 2.00 bits per heavy atom. The van der Waals surface area contributed by atoms with Crippen LogP contribution in [-0.4, -0.2) is 25.8 Å². The molecular formula is C18H13ClN4O5. The fourth-order valence-electron chi connectivity index (χ4n) is 2.51. The van der Waals surface area contributed by atoms with Crippen molar-refractivity contribution in [2.75, 3.05) is 0 Å². The lowest BCUT2D eigenvalue weighted by molar-refractivity contribution is -0.384. The van der Waals surface area contributed by atoms with Crippen molar-refractivity contribution in [1.82, 2.24) is 9.55 Å². The summed E-state index contributed by atoms with van der Waals surface area (Å²) in [5.41, 5.74) is -0.760. The molecule has 0 fully saturated rings. The number of rotatable bonds is 4. The first kappa shape index (κ1) is 19.1. The zero-order chi connectivity index (χ0) is 20.4. The molecule has 2 aromatic carbocycles. The molecule has 0 saturated carbocycles. The monoisotopic (exact) mass is 400 g/mol. The highest BCUT2D eigenvalue weighted by atomic mass is 35.5. The lowest BCUT2D eigenvalue weighted by atomic mass is 10.2. The van der Waals surface area contributed by atoms with E-state index in [1.54, 1.807) is 18.2 Å². The fraction of sp³-hybridized carbons (Fsp3) is 0.0556. The minimum absolute atomic E-state index is 0.00614.